The number of hydrogen-bond donors (Lipinski definition) is 0. The van der Waals surface area contributed by atoms with Gasteiger partial charge in [-0.2, -0.15) is 5.10 Å². The van der Waals surface area contributed by atoms with E-state index >= 15 is 0 Å². The Morgan fingerprint density at radius 3 is 2.50 bits per heavy atom. The minimum absolute atomic E-state index is 0.0305. The van der Waals surface area contributed by atoms with Crippen molar-refractivity contribution >= 4 is 11.6 Å². The molecule has 2 aromatic rings. The predicted octanol–water partition coefficient (Wildman–Crippen LogP) is 2.77. The maximum Gasteiger partial charge on any atom is 0.256 e. The Morgan fingerprint density at radius 1 is 1.12 bits per heavy atom. The second-order valence-electron chi connectivity index (χ2n) is 6.37. The van der Waals surface area contributed by atoms with Crippen molar-refractivity contribution in [2.45, 2.75) is 13.0 Å². The van der Waals surface area contributed by atoms with Crippen LogP contribution >= 0.6 is 0 Å². The molecule has 0 aliphatic carbocycles. The van der Waals surface area contributed by atoms with Gasteiger partial charge in [-0.25, -0.2) is 5.01 Å². The molecule has 0 saturated carbocycles. The Balaban J connectivity index is 1.63. The average molecular weight is 351 g/mol. The van der Waals surface area contributed by atoms with Crippen molar-refractivity contribution in [1.29, 1.82) is 0 Å². The number of benzene rings is 2. The van der Waals surface area contributed by atoms with E-state index in [2.05, 4.69) is 22.1 Å². The maximum atomic E-state index is 12.7. The molecule has 0 fully saturated rings. The fourth-order valence-corrected chi connectivity index (χ4v) is 3.02. The Labute approximate surface area is 154 Å². The zero-order valence-corrected chi connectivity index (χ0v) is 15.2. The molecule has 1 aliphatic rings. The van der Waals surface area contributed by atoms with Crippen LogP contribution in [0.25, 0.3) is 0 Å². The van der Waals surface area contributed by atoms with Gasteiger partial charge < -0.3 is 4.74 Å². The lowest BCUT2D eigenvalue weighted by Crippen LogP contribution is -2.38. The van der Waals surface area contributed by atoms with Gasteiger partial charge in [0, 0.05) is 26.6 Å². The Bertz CT molecular complexity index is 731. The third-order valence-electron chi connectivity index (χ3n) is 4.42. The van der Waals surface area contributed by atoms with E-state index in [1.54, 1.807) is 12.1 Å². The molecule has 1 amide bonds. The maximum absolute atomic E-state index is 12.7. The van der Waals surface area contributed by atoms with Crippen LogP contribution in [0.4, 0.5) is 0 Å². The van der Waals surface area contributed by atoms with Gasteiger partial charge in [-0.05, 0) is 11.1 Å². The largest absolute Gasteiger partial charge is 0.383 e. The third-order valence-corrected chi connectivity index (χ3v) is 4.42. The topological polar surface area (TPSA) is 45.1 Å². The number of ether oxygens (including phenoxy) is 1. The highest BCUT2D eigenvalue weighted by molar-refractivity contribution is 6.02. The second-order valence-corrected chi connectivity index (χ2v) is 6.37. The molecule has 0 spiro atoms. The summed E-state index contributed by atoms with van der Waals surface area (Å²) in [6.45, 7) is 3.01. The van der Waals surface area contributed by atoms with Gasteiger partial charge in [-0.15, -0.1) is 0 Å². The van der Waals surface area contributed by atoms with Gasteiger partial charge in [0.1, 0.15) is 0 Å². The van der Waals surface area contributed by atoms with Crippen molar-refractivity contribution in [1.82, 2.24) is 9.91 Å². The van der Waals surface area contributed by atoms with Gasteiger partial charge in [0.2, 0.25) is 0 Å². The first-order valence-electron chi connectivity index (χ1n) is 8.95. The number of hydrazone groups is 1. The van der Waals surface area contributed by atoms with Gasteiger partial charge >= 0.3 is 0 Å². The van der Waals surface area contributed by atoms with Crippen molar-refractivity contribution in [2.75, 3.05) is 33.4 Å². The highest BCUT2D eigenvalue weighted by Crippen LogP contribution is 2.14. The van der Waals surface area contributed by atoms with Crippen LogP contribution in [-0.2, 0) is 16.1 Å². The number of nitrogens with zero attached hydrogens (tertiary/aromatic N) is 3. The minimum Gasteiger partial charge on any atom is -0.383 e. The smallest absolute Gasteiger partial charge is 0.256 e. The fourth-order valence-electron chi connectivity index (χ4n) is 3.02. The van der Waals surface area contributed by atoms with Crippen LogP contribution in [0.2, 0.25) is 0 Å². The number of amides is 1. The van der Waals surface area contributed by atoms with Gasteiger partial charge in [-0.1, -0.05) is 60.7 Å². The van der Waals surface area contributed by atoms with Crippen molar-refractivity contribution in [2.24, 2.45) is 5.10 Å². The van der Waals surface area contributed by atoms with E-state index in [0.29, 0.717) is 26.2 Å². The highest BCUT2D eigenvalue weighted by atomic mass is 16.5. The van der Waals surface area contributed by atoms with E-state index < -0.39 is 0 Å². The minimum atomic E-state index is 0.0305. The number of carbonyl (C=O) groups is 1. The molecule has 0 N–H and O–H groups in total. The molecule has 5 nitrogen and oxygen atoms in total. The van der Waals surface area contributed by atoms with E-state index in [9.17, 15) is 4.79 Å². The lowest BCUT2D eigenvalue weighted by molar-refractivity contribution is -0.132. The number of rotatable bonds is 8. The molecule has 26 heavy (non-hydrogen) atoms. The van der Waals surface area contributed by atoms with Crippen LogP contribution in [0.5, 0.6) is 0 Å². The molecule has 5 heteroatoms. The molecule has 0 unspecified atom stereocenters. The SMILES string of the molecule is COCCN(CC(=O)N1CCC(c2ccccc2)=N1)Cc1ccccc1. The quantitative estimate of drug-likeness (QED) is 0.735. The summed E-state index contributed by atoms with van der Waals surface area (Å²) >= 11 is 0. The molecule has 1 heterocycles. The molecule has 1 aliphatic heterocycles. The Morgan fingerprint density at radius 2 is 1.81 bits per heavy atom. The van der Waals surface area contributed by atoms with Crippen molar-refractivity contribution in [3.63, 3.8) is 0 Å². The number of carbonyl (C=O) groups excluding carboxylic acids is 1. The van der Waals surface area contributed by atoms with Gasteiger partial charge in [0.05, 0.1) is 25.4 Å². The van der Waals surface area contributed by atoms with Crippen molar-refractivity contribution in [3.8, 4) is 0 Å². The molecular formula is C21H25N3O2. The summed E-state index contributed by atoms with van der Waals surface area (Å²) in [5, 5.41) is 6.15. The summed E-state index contributed by atoms with van der Waals surface area (Å²) in [7, 11) is 1.68. The molecule has 0 atom stereocenters. The first-order valence-corrected chi connectivity index (χ1v) is 8.95. The van der Waals surface area contributed by atoms with Crippen LogP contribution in [0.1, 0.15) is 17.5 Å². The molecule has 0 aromatic heterocycles. The van der Waals surface area contributed by atoms with E-state index in [1.807, 2.05) is 48.5 Å². The molecule has 136 valence electrons. The zero-order valence-electron chi connectivity index (χ0n) is 15.2. The van der Waals surface area contributed by atoms with Crippen LogP contribution in [0, 0.1) is 0 Å². The van der Waals surface area contributed by atoms with Crippen LogP contribution < -0.4 is 0 Å². The normalized spacial score (nSPS) is 13.9. The second kappa shape index (κ2) is 9.27. The monoisotopic (exact) mass is 351 g/mol. The molecular weight excluding hydrogens is 326 g/mol. The first-order chi connectivity index (χ1) is 12.8. The van der Waals surface area contributed by atoms with Crippen LogP contribution in [0.3, 0.4) is 0 Å². The molecule has 3 rings (SSSR count). The van der Waals surface area contributed by atoms with E-state index in [0.717, 1.165) is 24.2 Å². The van der Waals surface area contributed by atoms with E-state index in [-0.39, 0.29) is 5.91 Å². The van der Waals surface area contributed by atoms with Crippen LogP contribution in [-0.4, -0.2) is 54.9 Å². The van der Waals surface area contributed by atoms with Gasteiger partial charge in [0.25, 0.3) is 5.91 Å². The Kier molecular flexibility index (Phi) is 6.52. The predicted molar refractivity (Wildman–Crippen MR) is 103 cm³/mol. The highest BCUT2D eigenvalue weighted by Gasteiger charge is 2.23. The summed E-state index contributed by atoms with van der Waals surface area (Å²) in [5.74, 6) is 0.0305. The first kappa shape index (κ1) is 18.3. The van der Waals surface area contributed by atoms with Gasteiger partial charge in [-0.3, -0.25) is 9.69 Å². The lowest BCUT2D eigenvalue weighted by atomic mass is 10.1. The number of hydrogen-bond acceptors (Lipinski definition) is 4. The zero-order chi connectivity index (χ0) is 18.2. The van der Waals surface area contributed by atoms with E-state index in [4.69, 9.17) is 4.74 Å². The van der Waals surface area contributed by atoms with E-state index in [1.165, 1.54) is 5.56 Å². The molecule has 0 bridgehead atoms. The summed E-state index contributed by atoms with van der Waals surface area (Å²) in [5.41, 5.74) is 3.25. The number of methoxy groups -OCH3 is 1. The molecule has 0 radical (unpaired) electrons. The Hall–Kier alpha value is -2.50. The van der Waals surface area contributed by atoms with Crippen molar-refractivity contribution in [3.05, 3.63) is 71.8 Å². The third kappa shape index (κ3) is 5.00. The fraction of sp³-hybridized carbons (Fsp3) is 0.333. The summed E-state index contributed by atoms with van der Waals surface area (Å²) < 4.78 is 5.20. The standard InChI is InChI=1S/C21H25N3O2/c1-26-15-14-23(16-18-8-4-2-5-9-18)17-21(25)24-13-12-20(22-24)19-10-6-3-7-11-19/h2-11H,12-17H2,1H3. The van der Waals surface area contributed by atoms with Crippen LogP contribution in [0.15, 0.2) is 65.8 Å². The molecule has 0 saturated heterocycles. The van der Waals surface area contributed by atoms with Crippen molar-refractivity contribution < 1.29 is 9.53 Å². The summed E-state index contributed by atoms with van der Waals surface area (Å²) in [6.07, 6.45) is 0.798. The van der Waals surface area contributed by atoms with Gasteiger partial charge in [0.15, 0.2) is 0 Å². The molecule has 2 aromatic carbocycles. The lowest BCUT2D eigenvalue weighted by Gasteiger charge is -2.23. The summed E-state index contributed by atoms with van der Waals surface area (Å²) in [4.78, 5) is 14.8. The summed E-state index contributed by atoms with van der Waals surface area (Å²) in [6, 6.07) is 20.2. The average Bonchev–Trinajstić information content (AvgIpc) is 3.18.